The molecular formula is C12H21ClN4OS. The Morgan fingerprint density at radius 1 is 1.68 bits per heavy atom. The van der Waals surface area contributed by atoms with Gasteiger partial charge < -0.3 is 5.32 Å². The van der Waals surface area contributed by atoms with Crippen molar-refractivity contribution in [2.75, 3.05) is 38.6 Å². The zero-order valence-corrected chi connectivity index (χ0v) is 13.0. The molecule has 2 rings (SSSR count). The van der Waals surface area contributed by atoms with Gasteiger partial charge in [-0.3, -0.25) is 14.6 Å². The first kappa shape index (κ1) is 16.4. The Labute approximate surface area is 124 Å². The summed E-state index contributed by atoms with van der Waals surface area (Å²) in [6, 6.07) is 0.511. The van der Waals surface area contributed by atoms with E-state index in [4.69, 9.17) is 0 Å². The number of anilines is 1. The standard InChI is InChI=1S/C12H20N4OS.ClH/c1-13-10-4-3-6-16(8-10)9-11(17)15(2)12-14-5-7-18-12;/h5,7,10,13H,3-4,6,8-9H2,1-2H3;1H. The smallest absolute Gasteiger partial charge is 0.242 e. The van der Waals surface area contributed by atoms with Crippen LogP contribution in [0.25, 0.3) is 0 Å². The number of amides is 1. The number of piperidine rings is 1. The molecule has 19 heavy (non-hydrogen) atoms. The lowest BCUT2D eigenvalue weighted by Crippen LogP contribution is -2.48. The molecule has 1 aliphatic heterocycles. The van der Waals surface area contributed by atoms with E-state index in [0.29, 0.717) is 12.6 Å². The Kier molecular flexibility index (Phi) is 6.71. The molecule has 0 spiro atoms. The van der Waals surface area contributed by atoms with Crippen LogP contribution in [-0.2, 0) is 4.79 Å². The molecule has 0 radical (unpaired) electrons. The number of thiazole rings is 1. The molecule has 1 aromatic heterocycles. The van der Waals surface area contributed by atoms with E-state index in [1.165, 1.54) is 17.8 Å². The van der Waals surface area contributed by atoms with Gasteiger partial charge in [-0.15, -0.1) is 23.7 Å². The monoisotopic (exact) mass is 304 g/mol. The van der Waals surface area contributed by atoms with Gasteiger partial charge in [0.25, 0.3) is 0 Å². The third-order valence-corrected chi connectivity index (χ3v) is 4.20. The summed E-state index contributed by atoms with van der Waals surface area (Å²) in [5.74, 6) is 0.113. The molecule has 7 heteroatoms. The second-order valence-electron chi connectivity index (χ2n) is 4.63. The molecule has 0 aromatic carbocycles. The summed E-state index contributed by atoms with van der Waals surface area (Å²) < 4.78 is 0. The molecule has 1 aromatic rings. The van der Waals surface area contributed by atoms with Gasteiger partial charge in [-0.1, -0.05) is 0 Å². The number of hydrogen-bond donors (Lipinski definition) is 1. The second-order valence-corrected chi connectivity index (χ2v) is 5.50. The number of carbonyl (C=O) groups is 1. The molecule has 5 nitrogen and oxygen atoms in total. The number of nitrogens with one attached hydrogen (secondary N) is 1. The van der Waals surface area contributed by atoms with Crippen molar-refractivity contribution in [2.24, 2.45) is 0 Å². The first-order valence-electron chi connectivity index (χ1n) is 6.26. The highest BCUT2D eigenvalue weighted by Gasteiger charge is 2.22. The van der Waals surface area contributed by atoms with E-state index in [0.717, 1.165) is 24.6 Å². The maximum atomic E-state index is 12.1. The van der Waals surface area contributed by atoms with Gasteiger partial charge in [-0.25, -0.2) is 4.98 Å². The fraction of sp³-hybridized carbons (Fsp3) is 0.667. The minimum atomic E-state index is 0. The third-order valence-electron chi connectivity index (χ3n) is 3.35. The Morgan fingerprint density at radius 2 is 2.47 bits per heavy atom. The number of rotatable bonds is 4. The second kappa shape index (κ2) is 7.79. The molecule has 0 aliphatic carbocycles. The van der Waals surface area contributed by atoms with Crippen molar-refractivity contribution < 1.29 is 4.79 Å². The van der Waals surface area contributed by atoms with Crippen LogP contribution >= 0.6 is 23.7 Å². The lowest BCUT2D eigenvalue weighted by Gasteiger charge is -2.32. The largest absolute Gasteiger partial charge is 0.316 e. The van der Waals surface area contributed by atoms with Crippen LogP contribution in [0.1, 0.15) is 12.8 Å². The fourth-order valence-electron chi connectivity index (χ4n) is 2.22. The molecule has 1 amide bonds. The molecule has 0 saturated carbocycles. The van der Waals surface area contributed by atoms with Gasteiger partial charge in [0.1, 0.15) is 0 Å². The van der Waals surface area contributed by atoms with Gasteiger partial charge in [-0.2, -0.15) is 0 Å². The highest BCUT2D eigenvalue weighted by molar-refractivity contribution is 7.13. The van der Waals surface area contributed by atoms with Crippen molar-refractivity contribution in [3.05, 3.63) is 11.6 Å². The van der Waals surface area contributed by atoms with E-state index in [-0.39, 0.29) is 18.3 Å². The summed E-state index contributed by atoms with van der Waals surface area (Å²) in [6.07, 6.45) is 4.07. The number of aromatic nitrogens is 1. The van der Waals surface area contributed by atoms with Crippen LogP contribution in [0.4, 0.5) is 5.13 Å². The van der Waals surface area contributed by atoms with Crippen molar-refractivity contribution in [1.82, 2.24) is 15.2 Å². The fourth-order valence-corrected chi connectivity index (χ4v) is 2.85. The molecule has 0 bridgehead atoms. The molecule has 1 aliphatic rings. The van der Waals surface area contributed by atoms with Crippen LogP contribution in [0.5, 0.6) is 0 Å². The van der Waals surface area contributed by atoms with E-state index < -0.39 is 0 Å². The van der Waals surface area contributed by atoms with Crippen molar-refractivity contribution in [2.45, 2.75) is 18.9 Å². The van der Waals surface area contributed by atoms with Gasteiger partial charge in [0.2, 0.25) is 5.91 Å². The molecule has 1 saturated heterocycles. The summed E-state index contributed by atoms with van der Waals surface area (Å²) in [6.45, 7) is 2.44. The topological polar surface area (TPSA) is 48.5 Å². The van der Waals surface area contributed by atoms with Crippen LogP contribution in [-0.4, -0.2) is 55.6 Å². The Morgan fingerprint density at radius 3 is 3.11 bits per heavy atom. The molecule has 1 atom stereocenters. The number of carbonyl (C=O) groups excluding carboxylic acids is 1. The Hall–Kier alpha value is -0.690. The maximum Gasteiger partial charge on any atom is 0.242 e. The van der Waals surface area contributed by atoms with Crippen LogP contribution in [0, 0.1) is 0 Å². The van der Waals surface area contributed by atoms with E-state index in [9.17, 15) is 4.79 Å². The summed E-state index contributed by atoms with van der Waals surface area (Å²) in [5, 5.41) is 5.94. The molecule has 1 fully saturated rings. The predicted molar refractivity (Wildman–Crippen MR) is 81.3 cm³/mol. The van der Waals surface area contributed by atoms with Crippen molar-refractivity contribution in [3.63, 3.8) is 0 Å². The first-order chi connectivity index (χ1) is 8.70. The van der Waals surface area contributed by atoms with Crippen LogP contribution in [0.2, 0.25) is 0 Å². The minimum Gasteiger partial charge on any atom is -0.316 e. The van der Waals surface area contributed by atoms with E-state index in [2.05, 4.69) is 15.2 Å². The van der Waals surface area contributed by atoms with Gasteiger partial charge in [-0.05, 0) is 26.4 Å². The molecule has 1 unspecified atom stereocenters. The first-order valence-corrected chi connectivity index (χ1v) is 7.14. The van der Waals surface area contributed by atoms with Crippen LogP contribution < -0.4 is 10.2 Å². The zero-order valence-electron chi connectivity index (χ0n) is 11.3. The molecule has 108 valence electrons. The van der Waals surface area contributed by atoms with Crippen molar-refractivity contribution in [1.29, 1.82) is 0 Å². The summed E-state index contributed by atoms with van der Waals surface area (Å²) in [4.78, 5) is 20.2. The predicted octanol–water partition coefficient (Wildman–Crippen LogP) is 1.21. The van der Waals surface area contributed by atoms with Gasteiger partial charge in [0.15, 0.2) is 5.13 Å². The quantitative estimate of drug-likeness (QED) is 0.908. The highest BCUT2D eigenvalue weighted by Crippen LogP contribution is 2.16. The van der Waals surface area contributed by atoms with Gasteiger partial charge >= 0.3 is 0 Å². The normalized spacial score (nSPS) is 19.8. The number of hydrogen-bond acceptors (Lipinski definition) is 5. The third kappa shape index (κ3) is 4.42. The van der Waals surface area contributed by atoms with Crippen LogP contribution in [0.3, 0.4) is 0 Å². The van der Waals surface area contributed by atoms with E-state index in [1.807, 2.05) is 12.4 Å². The number of likely N-dealkylation sites (N-methyl/N-ethyl adjacent to an activating group) is 2. The maximum absolute atomic E-state index is 12.1. The number of likely N-dealkylation sites (tertiary alicyclic amines) is 1. The van der Waals surface area contributed by atoms with E-state index in [1.54, 1.807) is 18.1 Å². The van der Waals surface area contributed by atoms with Crippen molar-refractivity contribution >= 4 is 34.8 Å². The Bertz CT molecular complexity index is 387. The lowest BCUT2D eigenvalue weighted by molar-refractivity contribution is -0.119. The lowest BCUT2D eigenvalue weighted by atomic mass is 10.1. The summed E-state index contributed by atoms with van der Waals surface area (Å²) >= 11 is 1.49. The minimum absolute atomic E-state index is 0. The SMILES string of the molecule is CNC1CCCN(CC(=O)N(C)c2nccs2)C1.Cl. The van der Waals surface area contributed by atoms with Gasteiger partial charge in [0.05, 0.1) is 6.54 Å². The van der Waals surface area contributed by atoms with E-state index >= 15 is 0 Å². The molecule has 1 N–H and O–H groups in total. The van der Waals surface area contributed by atoms with Gasteiger partial charge in [0, 0.05) is 31.2 Å². The summed E-state index contributed by atoms with van der Waals surface area (Å²) in [7, 11) is 3.78. The average Bonchev–Trinajstić information content (AvgIpc) is 2.92. The molecule has 2 heterocycles. The number of halogens is 1. The number of nitrogens with zero attached hydrogens (tertiary/aromatic N) is 3. The van der Waals surface area contributed by atoms with Crippen molar-refractivity contribution in [3.8, 4) is 0 Å². The Balaban J connectivity index is 0.00000180. The highest BCUT2D eigenvalue weighted by atomic mass is 35.5. The zero-order chi connectivity index (χ0) is 13.0. The van der Waals surface area contributed by atoms with Crippen LogP contribution in [0.15, 0.2) is 11.6 Å². The average molecular weight is 305 g/mol. The molecular weight excluding hydrogens is 284 g/mol. The summed E-state index contributed by atoms with van der Waals surface area (Å²) in [5.41, 5.74) is 0.